The minimum absolute atomic E-state index is 0.325. The molecule has 14 heavy (non-hydrogen) atoms. The Kier molecular flexibility index (Phi) is 4.61. The maximum absolute atomic E-state index is 9.09. The van der Waals surface area contributed by atoms with Gasteiger partial charge in [-0.05, 0) is 37.6 Å². The first kappa shape index (κ1) is 11.2. The van der Waals surface area contributed by atoms with Crippen molar-refractivity contribution in [2.75, 3.05) is 0 Å². The molecule has 0 amide bonds. The van der Waals surface area contributed by atoms with Gasteiger partial charge in [0.25, 0.3) is 0 Å². The number of phenolic OH excluding ortho intramolecular Hbond substituents is 1. The van der Waals surface area contributed by atoms with E-state index in [1.165, 1.54) is 18.1 Å². The molecule has 0 aromatic heterocycles. The zero-order chi connectivity index (χ0) is 10.4. The number of hydrogen-bond donors (Lipinski definition) is 2. The van der Waals surface area contributed by atoms with Crippen LogP contribution >= 0.6 is 8.37 Å². The lowest BCUT2D eigenvalue weighted by Gasteiger charge is -1.95. The highest BCUT2D eigenvalue weighted by Gasteiger charge is 2.01. The number of benzene rings is 1. The van der Waals surface area contributed by atoms with Gasteiger partial charge in [-0.25, -0.2) is 4.74 Å². The molecular formula is C11H17NOP+. The van der Waals surface area contributed by atoms with Gasteiger partial charge in [0.2, 0.25) is 8.37 Å². The predicted molar refractivity (Wildman–Crippen MR) is 60.0 cm³/mol. The zero-order valence-corrected chi connectivity index (χ0v) is 9.59. The molecule has 0 spiro atoms. The van der Waals surface area contributed by atoms with Crippen LogP contribution in [0.5, 0.6) is 5.75 Å². The minimum Gasteiger partial charge on any atom is -0.508 e. The van der Waals surface area contributed by atoms with Crippen LogP contribution in [-0.4, -0.2) is 11.1 Å². The average molecular weight is 210 g/mol. The Morgan fingerprint density at radius 3 is 2.57 bits per heavy atom. The van der Waals surface area contributed by atoms with Crippen LogP contribution in [0.2, 0.25) is 0 Å². The highest BCUT2D eigenvalue weighted by Crippen LogP contribution is 2.05. The summed E-state index contributed by atoms with van der Waals surface area (Å²) >= 11 is 0. The van der Waals surface area contributed by atoms with Gasteiger partial charge in [0.1, 0.15) is 11.8 Å². The van der Waals surface area contributed by atoms with Crippen LogP contribution < -0.4 is 10.0 Å². The lowest BCUT2D eigenvalue weighted by Crippen LogP contribution is -2.70. The SMILES string of the molecule is CCCC(C)[NH+]=Pc1ccc(O)cc1. The number of hydrogen-bond acceptors (Lipinski definition) is 1. The standard InChI is InChI=1S/C11H16NOP/c1-3-4-9(2)12-14-11-7-5-10(13)6-8-11/h5-9,13H,3-4H2,1-2H3/p+1. The second-order valence-electron chi connectivity index (χ2n) is 3.45. The first-order valence-electron chi connectivity index (χ1n) is 4.97. The summed E-state index contributed by atoms with van der Waals surface area (Å²) in [6.07, 6.45) is 2.41. The molecule has 0 aliphatic carbocycles. The van der Waals surface area contributed by atoms with Crippen molar-refractivity contribution in [2.45, 2.75) is 32.7 Å². The van der Waals surface area contributed by atoms with Gasteiger partial charge in [-0.2, -0.15) is 0 Å². The van der Waals surface area contributed by atoms with Gasteiger partial charge in [-0.3, -0.25) is 0 Å². The summed E-state index contributed by atoms with van der Waals surface area (Å²) in [4.78, 5) is 0. The summed E-state index contributed by atoms with van der Waals surface area (Å²) < 4.78 is 3.41. The lowest BCUT2D eigenvalue weighted by molar-refractivity contribution is -0.472. The van der Waals surface area contributed by atoms with E-state index >= 15 is 0 Å². The zero-order valence-electron chi connectivity index (χ0n) is 8.70. The molecule has 0 saturated carbocycles. The van der Waals surface area contributed by atoms with E-state index < -0.39 is 0 Å². The molecule has 0 heterocycles. The monoisotopic (exact) mass is 210 g/mol. The van der Waals surface area contributed by atoms with E-state index in [-0.39, 0.29) is 0 Å². The fraction of sp³-hybridized carbons (Fsp3) is 0.455. The summed E-state index contributed by atoms with van der Waals surface area (Å²) in [7, 11) is 1.12. The summed E-state index contributed by atoms with van der Waals surface area (Å²) in [6, 6.07) is 7.85. The Labute approximate surface area is 86.9 Å². The molecule has 3 heteroatoms. The summed E-state index contributed by atoms with van der Waals surface area (Å²) in [5, 5.41) is 10.3. The van der Waals surface area contributed by atoms with Crippen LogP contribution in [0.3, 0.4) is 0 Å². The minimum atomic E-state index is 0.325. The van der Waals surface area contributed by atoms with Crippen LogP contribution in [0.25, 0.3) is 0 Å². The molecular weight excluding hydrogens is 193 g/mol. The van der Waals surface area contributed by atoms with Gasteiger partial charge >= 0.3 is 0 Å². The van der Waals surface area contributed by atoms with Crippen LogP contribution in [0, 0.1) is 0 Å². The highest BCUT2D eigenvalue weighted by atomic mass is 31.1. The van der Waals surface area contributed by atoms with Gasteiger partial charge in [0.15, 0.2) is 0 Å². The van der Waals surface area contributed by atoms with Crippen LogP contribution in [0.1, 0.15) is 26.7 Å². The molecule has 1 aromatic carbocycles. The van der Waals surface area contributed by atoms with E-state index in [9.17, 15) is 0 Å². The average Bonchev–Trinajstić information content (AvgIpc) is 2.17. The van der Waals surface area contributed by atoms with Gasteiger partial charge in [-0.1, -0.05) is 6.92 Å². The second kappa shape index (κ2) is 5.77. The predicted octanol–water partition coefficient (Wildman–Crippen LogP) is 1.42. The molecule has 0 aliphatic heterocycles. The molecule has 2 nitrogen and oxygen atoms in total. The Bertz CT molecular complexity index is 295. The van der Waals surface area contributed by atoms with E-state index in [0.29, 0.717) is 11.8 Å². The number of nitrogens with one attached hydrogen (secondary N) is 1. The molecule has 1 rings (SSSR count). The maximum atomic E-state index is 9.09. The van der Waals surface area contributed by atoms with Crippen molar-refractivity contribution >= 4 is 13.7 Å². The van der Waals surface area contributed by atoms with Crippen molar-refractivity contribution in [3.63, 3.8) is 0 Å². The maximum Gasteiger partial charge on any atom is 0.244 e. The van der Waals surface area contributed by atoms with Gasteiger partial charge in [0.05, 0.1) is 5.30 Å². The van der Waals surface area contributed by atoms with Crippen LogP contribution in [-0.2, 0) is 0 Å². The number of aromatic hydroxyl groups is 1. The van der Waals surface area contributed by atoms with Crippen molar-refractivity contribution in [2.24, 2.45) is 0 Å². The van der Waals surface area contributed by atoms with Crippen molar-refractivity contribution in [1.29, 1.82) is 0 Å². The Hall–Kier alpha value is -0.880. The molecule has 1 unspecified atom stereocenters. The molecule has 2 N–H and O–H groups in total. The first-order valence-corrected chi connectivity index (χ1v) is 5.87. The van der Waals surface area contributed by atoms with Crippen molar-refractivity contribution in [3.8, 4) is 5.75 Å². The fourth-order valence-electron chi connectivity index (χ4n) is 1.21. The molecule has 1 atom stereocenters. The number of phenols is 1. The first-order chi connectivity index (χ1) is 6.72. The normalized spacial score (nSPS) is 13.3. The van der Waals surface area contributed by atoms with E-state index in [4.69, 9.17) is 5.11 Å². The smallest absolute Gasteiger partial charge is 0.244 e. The summed E-state index contributed by atoms with van der Waals surface area (Å²) in [6.45, 7) is 4.38. The van der Waals surface area contributed by atoms with E-state index in [1.54, 1.807) is 12.1 Å². The van der Waals surface area contributed by atoms with Gasteiger partial charge in [0, 0.05) is 6.42 Å². The third-order valence-electron chi connectivity index (χ3n) is 1.99. The van der Waals surface area contributed by atoms with E-state index in [1.807, 2.05) is 12.1 Å². The Morgan fingerprint density at radius 1 is 1.36 bits per heavy atom. The molecule has 0 saturated heterocycles. The largest absolute Gasteiger partial charge is 0.508 e. The van der Waals surface area contributed by atoms with Gasteiger partial charge in [-0.15, -0.1) is 0 Å². The molecule has 0 radical (unpaired) electrons. The van der Waals surface area contributed by atoms with Crippen LogP contribution in [0.15, 0.2) is 24.3 Å². The van der Waals surface area contributed by atoms with Crippen molar-refractivity contribution in [3.05, 3.63) is 24.3 Å². The lowest BCUT2D eigenvalue weighted by atomic mass is 10.2. The quantitative estimate of drug-likeness (QED) is 0.724. The van der Waals surface area contributed by atoms with E-state index in [2.05, 4.69) is 18.6 Å². The third kappa shape index (κ3) is 3.89. The molecule has 0 aliphatic rings. The highest BCUT2D eigenvalue weighted by molar-refractivity contribution is 7.33. The second-order valence-corrected chi connectivity index (χ2v) is 4.45. The van der Waals surface area contributed by atoms with Crippen molar-refractivity contribution in [1.82, 2.24) is 0 Å². The molecule has 0 bridgehead atoms. The Morgan fingerprint density at radius 2 is 2.00 bits per heavy atom. The van der Waals surface area contributed by atoms with Crippen LogP contribution in [0.4, 0.5) is 0 Å². The van der Waals surface area contributed by atoms with Gasteiger partial charge < -0.3 is 5.11 Å². The summed E-state index contributed by atoms with van der Waals surface area (Å²) in [5.74, 6) is 0.325. The third-order valence-corrected chi connectivity index (χ3v) is 3.11. The van der Waals surface area contributed by atoms with Crippen molar-refractivity contribution < 1.29 is 9.85 Å². The topological polar surface area (TPSA) is 34.2 Å². The molecule has 76 valence electrons. The molecule has 0 fully saturated rings. The summed E-state index contributed by atoms with van der Waals surface area (Å²) in [5.41, 5.74) is 0. The number of rotatable bonds is 4. The Balaban J connectivity index is 2.55. The molecule has 1 aromatic rings. The fourth-order valence-corrected chi connectivity index (χ4v) is 2.01. The van der Waals surface area contributed by atoms with E-state index in [0.717, 1.165) is 8.37 Å².